The van der Waals surface area contributed by atoms with E-state index in [0.717, 1.165) is 12.5 Å². The molecular formula is C22H22F3N5O3. The van der Waals surface area contributed by atoms with E-state index in [1.54, 1.807) is 18.7 Å². The van der Waals surface area contributed by atoms with Gasteiger partial charge in [-0.2, -0.15) is 13.2 Å². The number of benzene rings is 1. The van der Waals surface area contributed by atoms with Gasteiger partial charge < -0.3 is 19.1 Å². The van der Waals surface area contributed by atoms with E-state index in [2.05, 4.69) is 27.4 Å². The lowest BCUT2D eigenvalue weighted by molar-refractivity contribution is -0.137. The van der Waals surface area contributed by atoms with E-state index in [0.29, 0.717) is 36.2 Å². The molecule has 0 radical (unpaired) electrons. The molecule has 3 aromatic rings. The number of carbonyl (C=O) groups is 1. The molecule has 8 nitrogen and oxygen atoms in total. The highest BCUT2D eigenvalue weighted by Gasteiger charge is 2.62. The van der Waals surface area contributed by atoms with Gasteiger partial charge >= 0.3 is 12.2 Å². The Morgan fingerprint density at radius 1 is 1.24 bits per heavy atom. The third kappa shape index (κ3) is 3.55. The van der Waals surface area contributed by atoms with Crippen molar-refractivity contribution in [2.24, 2.45) is 5.92 Å². The standard InChI is InChI=1S/C22H22F3N5O3/c1-11-6-15-9-21(8-11,19-29-28-13(3)33-19)30(15)20(31)27-14-4-5-17(22(23,24)25)16(7-14)18-26-12(2)10-32-18/h4-5,7,10-11,15H,6,8-9H2,1-3H3,(H,27,31)/t11-,15+,21?/m0/s1. The lowest BCUT2D eigenvalue weighted by atomic mass is 9.64. The average molecular weight is 461 g/mol. The zero-order chi connectivity index (χ0) is 23.5. The first-order valence-corrected chi connectivity index (χ1v) is 10.6. The smallest absolute Gasteiger partial charge is 0.417 e. The quantitative estimate of drug-likeness (QED) is 0.569. The third-order valence-corrected chi connectivity index (χ3v) is 6.33. The summed E-state index contributed by atoms with van der Waals surface area (Å²) in [6.45, 7) is 5.42. The van der Waals surface area contributed by atoms with Crippen molar-refractivity contribution in [1.82, 2.24) is 20.1 Å². The largest absolute Gasteiger partial charge is 0.444 e. The first kappa shape index (κ1) is 21.5. The second-order valence-corrected chi connectivity index (χ2v) is 8.91. The highest BCUT2D eigenvalue weighted by molar-refractivity contribution is 5.92. The number of piperidine rings is 1. The van der Waals surface area contributed by atoms with Crippen LogP contribution in [0.5, 0.6) is 0 Å². The highest BCUT2D eigenvalue weighted by atomic mass is 19.4. The number of fused-ring (bicyclic) bond motifs is 2. The topological polar surface area (TPSA) is 97.3 Å². The number of aryl methyl sites for hydroxylation is 2. The molecule has 2 bridgehead atoms. The van der Waals surface area contributed by atoms with Crippen molar-refractivity contribution in [3.05, 3.63) is 47.5 Å². The van der Waals surface area contributed by atoms with Gasteiger partial charge in [-0.25, -0.2) is 9.78 Å². The molecule has 5 rings (SSSR count). The van der Waals surface area contributed by atoms with E-state index in [4.69, 9.17) is 8.83 Å². The molecule has 2 fully saturated rings. The second kappa shape index (κ2) is 7.32. The van der Waals surface area contributed by atoms with Crippen molar-refractivity contribution >= 4 is 11.7 Å². The van der Waals surface area contributed by atoms with Gasteiger partial charge in [0.2, 0.25) is 17.7 Å². The molecular weight excluding hydrogens is 439 g/mol. The molecule has 33 heavy (non-hydrogen) atoms. The summed E-state index contributed by atoms with van der Waals surface area (Å²) in [4.78, 5) is 19.0. The zero-order valence-electron chi connectivity index (χ0n) is 18.2. The summed E-state index contributed by atoms with van der Waals surface area (Å²) in [5.41, 5.74) is -1.19. The number of nitrogens with zero attached hydrogens (tertiary/aromatic N) is 4. The van der Waals surface area contributed by atoms with Crippen LogP contribution in [0.4, 0.5) is 23.7 Å². The molecule has 2 amide bonds. The summed E-state index contributed by atoms with van der Waals surface area (Å²) in [5.74, 6) is 1.01. The van der Waals surface area contributed by atoms with E-state index in [1.165, 1.54) is 18.4 Å². The number of amides is 2. The van der Waals surface area contributed by atoms with Crippen molar-refractivity contribution in [2.45, 2.75) is 57.8 Å². The minimum absolute atomic E-state index is 0.00994. The number of nitrogens with one attached hydrogen (secondary N) is 1. The van der Waals surface area contributed by atoms with Gasteiger partial charge in [0.25, 0.3) is 0 Å². The number of oxazole rings is 1. The minimum atomic E-state index is -4.61. The van der Waals surface area contributed by atoms with E-state index in [-0.39, 0.29) is 23.2 Å². The lowest BCUT2D eigenvalue weighted by Gasteiger charge is -2.61. The number of rotatable bonds is 3. The maximum atomic E-state index is 13.6. The molecule has 4 heterocycles. The maximum absolute atomic E-state index is 13.6. The van der Waals surface area contributed by atoms with Gasteiger partial charge in [0, 0.05) is 25.1 Å². The van der Waals surface area contributed by atoms with Gasteiger partial charge in [-0.3, -0.25) is 0 Å². The number of urea groups is 1. The van der Waals surface area contributed by atoms with E-state index < -0.39 is 23.3 Å². The zero-order valence-corrected chi connectivity index (χ0v) is 18.2. The molecule has 174 valence electrons. The van der Waals surface area contributed by atoms with Gasteiger partial charge in [0.05, 0.1) is 16.8 Å². The number of hydrogen-bond acceptors (Lipinski definition) is 6. The molecule has 1 unspecified atom stereocenters. The molecule has 2 saturated heterocycles. The summed E-state index contributed by atoms with van der Waals surface area (Å²) >= 11 is 0. The molecule has 2 aromatic heterocycles. The van der Waals surface area contributed by atoms with Crippen LogP contribution in [0.2, 0.25) is 0 Å². The monoisotopic (exact) mass is 461 g/mol. The minimum Gasteiger partial charge on any atom is -0.444 e. The first-order chi connectivity index (χ1) is 15.6. The summed E-state index contributed by atoms with van der Waals surface area (Å²) < 4.78 is 51.6. The Kier molecular flexibility index (Phi) is 4.77. The number of aromatic nitrogens is 3. The molecule has 2 aliphatic heterocycles. The van der Waals surface area contributed by atoms with Gasteiger partial charge in [-0.05, 0) is 43.9 Å². The lowest BCUT2D eigenvalue weighted by Crippen LogP contribution is -2.70. The second-order valence-electron chi connectivity index (χ2n) is 8.91. The summed E-state index contributed by atoms with van der Waals surface area (Å²) in [6.07, 6.45) is -1.12. The van der Waals surface area contributed by atoms with Crippen molar-refractivity contribution in [3.63, 3.8) is 0 Å². The van der Waals surface area contributed by atoms with E-state index >= 15 is 0 Å². The van der Waals surface area contributed by atoms with Crippen LogP contribution in [0.3, 0.4) is 0 Å². The number of anilines is 1. The third-order valence-electron chi connectivity index (χ3n) is 6.33. The fraction of sp³-hybridized carbons (Fsp3) is 0.455. The van der Waals surface area contributed by atoms with Gasteiger partial charge in [0.15, 0.2) is 0 Å². The van der Waals surface area contributed by atoms with E-state index in [1.807, 2.05) is 0 Å². The number of halogens is 3. The molecule has 2 aliphatic rings. The average Bonchev–Trinajstić information content (AvgIpc) is 3.35. The van der Waals surface area contributed by atoms with Crippen LogP contribution in [-0.4, -0.2) is 32.2 Å². The van der Waals surface area contributed by atoms with Gasteiger partial charge in [-0.15, -0.1) is 10.2 Å². The number of alkyl halides is 3. The SMILES string of the molecule is Cc1coc(-c2cc(NC(=O)N3[C@@H]4C[C@H](C)CC3(c3nnc(C)o3)C4)ccc2C(F)(F)F)n1. The van der Waals surface area contributed by atoms with E-state index in [9.17, 15) is 18.0 Å². The highest BCUT2D eigenvalue weighted by Crippen LogP contribution is 2.55. The van der Waals surface area contributed by atoms with Crippen LogP contribution in [0, 0.1) is 19.8 Å². The van der Waals surface area contributed by atoms with Crippen LogP contribution in [-0.2, 0) is 11.7 Å². The van der Waals surface area contributed by atoms with Crippen molar-refractivity contribution in [1.29, 1.82) is 0 Å². The molecule has 11 heteroatoms. The summed E-state index contributed by atoms with van der Waals surface area (Å²) in [7, 11) is 0. The Morgan fingerprint density at radius 3 is 2.67 bits per heavy atom. The maximum Gasteiger partial charge on any atom is 0.417 e. The van der Waals surface area contributed by atoms with Crippen molar-refractivity contribution in [3.8, 4) is 11.5 Å². The molecule has 1 aromatic carbocycles. The Hall–Kier alpha value is -3.37. The number of hydrogen-bond donors (Lipinski definition) is 1. The number of carbonyl (C=O) groups excluding carboxylic acids is 1. The fourth-order valence-corrected chi connectivity index (χ4v) is 5.14. The van der Waals surface area contributed by atoms with Crippen molar-refractivity contribution < 1.29 is 26.8 Å². The van der Waals surface area contributed by atoms with Crippen LogP contribution in [0.15, 0.2) is 33.3 Å². The molecule has 1 N–H and O–H groups in total. The Balaban J connectivity index is 1.46. The summed E-state index contributed by atoms with van der Waals surface area (Å²) in [5, 5.41) is 10.8. The van der Waals surface area contributed by atoms with Gasteiger partial charge in [0.1, 0.15) is 11.8 Å². The van der Waals surface area contributed by atoms with Crippen molar-refractivity contribution in [2.75, 3.05) is 5.32 Å². The Bertz CT molecular complexity index is 1220. The van der Waals surface area contributed by atoms with Gasteiger partial charge in [-0.1, -0.05) is 6.92 Å². The van der Waals surface area contributed by atoms with Crippen LogP contribution < -0.4 is 5.32 Å². The molecule has 0 spiro atoms. The predicted molar refractivity (Wildman–Crippen MR) is 110 cm³/mol. The predicted octanol–water partition coefficient (Wildman–Crippen LogP) is 5.29. The van der Waals surface area contributed by atoms with Crippen LogP contribution in [0.25, 0.3) is 11.5 Å². The summed E-state index contributed by atoms with van der Waals surface area (Å²) in [6, 6.07) is 2.93. The normalized spacial score (nSPS) is 24.5. The Morgan fingerprint density at radius 2 is 2.03 bits per heavy atom. The van der Waals surface area contributed by atoms with Crippen LogP contribution >= 0.6 is 0 Å². The molecule has 0 aliphatic carbocycles. The first-order valence-electron chi connectivity index (χ1n) is 10.6. The molecule has 0 saturated carbocycles. The fourth-order valence-electron chi connectivity index (χ4n) is 5.14. The Labute approximate surface area is 187 Å². The van der Waals surface area contributed by atoms with Crippen LogP contribution in [0.1, 0.15) is 49.2 Å². The molecule has 3 atom stereocenters.